The maximum atomic E-state index is 12.5. The Kier molecular flexibility index (Phi) is 6.61. The van der Waals surface area contributed by atoms with Crippen LogP contribution in [0.25, 0.3) is 0 Å². The zero-order valence-corrected chi connectivity index (χ0v) is 18.3. The molecule has 0 bridgehead atoms. The van der Waals surface area contributed by atoms with Gasteiger partial charge in [0.05, 0.1) is 6.04 Å². The number of hydrogen-bond donors (Lipinski definition) is 1. The van der Waals surface area contributed by atoms with Crippen LogP contribution in [0, 0.1) is 5.92 Å². The summed E-state index contributed by atoms with van der Waals surface area (Å²) >= 11 is 0. The summed E-state index contributed by atoms with van der Waals surface area (Å²) in [4.78, 5) is 14.9. The van der Waals surface area contributed by atoms with E-state index in [-0.39, 0.29) is 18.6 Å². The van der Waals surface area contributed by atoms with Gasteiger partial charge in [-0.15, -0.1) is 0 Å². The highest BCUT2D eigenvalue weighted by Crippen LogP contribution is 2.29. The van der Waals surface area contributed by atoms with Crippen molar-refractivity contribution in [1.82, 2.24) is 5.32 Å². The molecule has 1 N–H and O–H groups in total. The van der Waals surface area contributed by atoms with E-state index in [0.717, 1.165) is 43.2 Å². The van der Waals surface area contributed by atoms with Crippen molar-refractivity contribution < 1.29 is 9.53 Å². The number of nitrogens with zero attached hydrogens (tertiary/aromatic N) is 1. The fourth-order valence-electron chi connectivity index (χ4n) is 4.79. The molecule has 0 radical (unpaired) electrons. The van der Waals surface area contributed by atoms with Crippen molar-refractivity contribution in [2.45, 2.75) is 58.4 Å². The summed E-state index contributed by atoms with van der Waals surface area (Å²) in [6.07, 6.45) is 7.19. The van der Waals surface area contributed by atoms with E-state index in [4.69, 9.17) is 4.74 Å². The number of carbonyl (C=O) groups is 1. The first-order chi connectivity index (χ1) is 14.6. The van der Waals surface area contributed by atoms with Crippen LogP contribution >= 0.6 is 0 Å². The number of nitrogens with one attached hydrogen (secondary N) is 1. The molecule has 0 saturated carbocycles. The Morgan fingerprint density at radius 3 is 2.73 bits per heavy atom. The van der Waals surface area contributed by atoms with Gasteiger partial charge in [-0.3, -0.25) is 4.79 Å². The van der Waals surface area contributed by atoms with Crippen molar-refractivity contribution in [2.24, 2.45) is 5.92 Å². The zero-order chi connectivity index (χ0) is 20.9. The highest BCUT2D eigenvalue weighted by atomic mass is 16.5. The quantitative estimate of drug-likeness (QED) is 0.729. The maximum absolute atomic E-state index is 12.5. The van der Waals surface area contributed by atoms with E-state index in [2.05, 4.69) is 47.5 Å². The van der Waals surface area contributed by atoms with Crippen molar-refractivity contribution in [3.8, 4) is 5.75 Å². The van der Waals surface area contributed by atoms with Gasteiger partial charge in [0.1, 0.15) is 5.75 Å². The number of benzene rings is 2. The Bertz CT molecular complexity index is 862. The molecular formula is C26H34N2O2. The summed E-state index contributed by atoms with van der Waals surface area (Å²) < 4.78 is 5.89. The Balaban J connectivity index is 1.30. The number of hydrogen-bond acceptors (Lipinski definition) is 3. The summed E-state index contributed by atoms with van der Waals surface area (Å²) in [6, 6.07) is 14.8. The summed E-state index contributed by atoms with van der Waals surface area (Å²) in [5, 5.41) is 3.08. The third kappa shape index (κ3) is 4.97. The molecule has 4 rings (SSSR count). The Morgan fingerprint density at radius 1 is 1.13 bits per heavy atom. The van der Waals surface area contributed by atoms with Gasteiger partial charge in [-0.05, 0) is 86.3 Å². The molecular weight excluding hydrogens is 372 g/mol. The first kappa shape index (κ1) is 20.8. The lowest BCUT2D eigenvalue weighted by Gasteiger charge is -2.33. The molecule has 1 fully saturated rings. The molecule has 4 nitrogen and oxygen atoms in total. The highest BCUT2D eigenvalue weighted by molar-refractivity contribution is 5.78. The van der Waals surface area contributed by atoms with Crippen LogP contribution in [-0.2, 0) is 17.6 Å². The van der Waals surface area contributed by atoms with E-state index in [1.807, 2.05) is 19.1 Å². The monoisotopic (exact) mass is 406 g/mol. The first-order valence-corrected chi connectivity index (χ1v) is 11.5. The van der Waals surface area contributed by atoms with Gasteiger partial charge in [-0.1, -0.05) is 31.2 Å². The van der Waals surface area contributed by atoms with Crippen LogP contribution in [0.15, 0.2) is 42.5 Å². The summed E-state index contributed by atoms with van der Waals surface area (Å²) in [5.74, 6) is 1.55. The topological polar surface area (TPSA) is 41.6 Å². The van der Waals surface area contributed by atoms with Gasteiger partial charge in [0.15, 0.2) is 6.61 Å². The zero-order valence-electron chi connectivity index (χ0n) is 18.3. The molecule has 2 aliphatic rings. The average Bonchev–Trinajstić information content (AvgIpc) is 2.77. The van der Waals surface area contributed by atoms with Gasteiger partial charge in [0, 0.05) is 18.8 Å². The first-order valence-electron chi connectivity index (χ1n) is 11.5. The van der Waals surface area contributed by atoms with Gasteiger partial charge in [-0.25, -0.2) is 0 Å². The molecule has 2 aromatic carbocycles. The lowest BCUT2D eigenvalue weighted by Crippen LogP contribution is -2.34. The fourth-order valence-corrected chi connectivity index (χ4v) is 4.79. The minimum Gasteiger partial charge on any atom is -0.483 e. The number of anilines is 1. The Hall–Kier alpha value is -2.49. The molecule has 4 heteroatoms. The molecule has 1 aliphatic heterocycles. The third-order valence-electron chi connectivity index (χ3n) is 6.50. The van der Waals surface area contributed by atoms with E-state index >= 15 is 0 Å². The number of ether oxygens (including phenoxy) is 1. The normalized spacial score (nSPS) is 19.7. The molecule has 30 heavy (non-hydrogen) atoms. The lowest BCUT2D eigenvalue weighted by molar-refractivity contribution is -0.123. The van der Waals surface area contributed by atoms with Crippen molar-refractivity contribution in [3.63, 3.8) is 0 Å². The van der Waals surface area contributed by atoms with E-state index in [9.17, 15) is 4.79 Å². The van der Waals surface area contributed by atoms with Gasteiger partial charge in [-0.2, -0.15) is 0 Å². The molecule has 1 aliphatic carbocycles. The van der Waals surface area contributed by atoms with Crippen LogP contribution in [-0.4, -0.2) is 25.6 Å². The predicted octanol–water partition coefficient (Wildman–Crippen LogP) is 5.06. The van der Waals surface area contributed by atoms with E-state index < -0.39 is 0 Å². The molecule has 1 amide bonds. The van der Waals surface area contributed by atoms with Crippen LogP contribution in [0.3, 0.4) is 0 Å². The second-order valence-corrected chi connectivity index (χ2v) is 8.96. The smallest absolute Gasteiger partial charge is 0.258 e. The van der Waals surface area contributed by atoms with Crippen molar-refractivity contribution in [3.05, 3.63) is 59.2 Å². The maximum Gasteiger partial charge on any atom is 0.258 e. The standard InChI is InChI=1S/C26H34N2O2/c1-19-7-6-16-28(17-19)23-14-12-21(13-15-23)20(2)27-26(29)18-30-25-11-5-9-22-8-3-4-10-24(22)25/h5,9,11-15,19-20H,3-4,6-8,10,16-18H2,1-2H3,(H,27,29)/t19-,20-/m0/s1. The Labute approximate surface area is 180 Å². The van der Waals surface area contributed by atoms with Crippen LogP contribution in [0.5, 0.6) is 5.75 Å². The van der Waals surface area contributed by atoms with Gasteiger partial charge in [0.2, 0.25) is 0 Å². The summed E-state index contributed by atoms with van der Waals surface area (Å²) in [5.41, 5.74) is 5.05. The molecule has 2 atom stereocenters. The minimum absolute atomic E-state index is 0.0416. The number of amides is 1. The van der Waals surface area contributed by atoms with Crippen LogP contribution in [0.2, 0.25) is 0 Å². The second-order valence-electron chi connectivity index (χ2n) is 8.96. The van der Waals surface area contributed by atoms with Crippen LogP contribution in [0.4, 0.5) is 5.69 Å². The molecule has 0 aromatic heterocycles. The number of fused-ring (bicyclic) bond motifs is 1. The van der Waals surface area contributed by atoms with Gasteiger partial charge < -0.3 is 15.0 Å². The molecule has 160 valence electrons. The summed E-state index contributed by atoms with van der Waals surface area (Å²) in [7, 11) is 0. The van der Waals surface area contributed by atoms with E-state index in [1.165, 1.54) is 42.5 Å². The Morgan fingerprint density at radius 2 is 1.93 bits per heavy atom. The average molecular weight is 407 g/mol. The van der Waals surface area contributed by atoms with Crippen molar-refractivity contribution >= 4 is 11.6 Å². The van der Waals surface area contributed by atoms with Gasteiger partial charge >= 0.3 is 0 Å². The molecule has 2 aromatic rings. The third-order valence-corrected chi connectivity index (χ3v) is 6.50. The molecule has 1 saturated heterocycles. The van der Waals surface area contributed by atoms with E-state index in [0.29, 0.717) is 0 Å². The van der Waals surface area contributed by atoms with Crippen molar-refractivity contribution in [1.29, 1.82) is 0 Å². The highest BCUT2D eigenvalue weighted by Gasteiger charge is 2.18. The number of aryl methyl sites for hydroxylation is 1. The van der Waals surface area contributed by atoms with Crippen molar-refractivity contribution in [2.75, 3.05) is 24.6 Å². The number of rotatable bonds is 6. The number of carbonyl (C=O) groups excluding carboxylic acids is 1. The SMILES string of the molecule is C[C@H]1CCCN(c2ccc([C@H](C)NC(=O)COc3cccc4c3CCCC4)cc2)C1. The second kappa shape index (κ2) is 9.55. The largest absolute Gasteiger partial charge is 0.483 e. The summed E-state index contributed by atoms with van der Waals surface area (Å²) in [6.45, 7) is 6.68. The predicted molar refractivity (Wildman–Crippen MR) is 122 cm³/mol. The van der Waals surface area contributed by atoms with Crippen LogP contribution < -0.4 is 15.0 Å². The lowest BCUT2D eigenvalue weighted by atomic mass is 9.91. The fraction of sp³-hybridized carbons (Fsp3) is 0.500. The molecule has 0 spiro atoms. The minimum atomic E-state index is -0.0788. The number of piperidine rings is 1. The molecule has 0 unspecified atom stereocenters. The van der Waals surface area contributed by atoms with Gasteiger partial charge in [0.25, 0.3) is 5.91 Å². The molecule has 1 heterocycles. The van der Waals surface area contributed by atoms with E-state index in [1.54, 1.807) is 0 Å². The van der Waals surface area contributed by atoms with Crippen LogP contribution in [0.1, 0.15) is 62.3 Å².